The van der Waals surface area contributed by atoms with Gasteiger partial charge >= 0.3 is 0 Å². The van der Waals surface area contributed by atoms with Crippen molar-refractivity contribution in [1.29, 1.82) is 0 Å². The molecule has 7 heteroatoms. The lowest BCUT2D eigenvalue weighted by Crippen LogP contribution is -2.42. The Hall–Kier alpha value is -2.80. The maximum Gasteiger partial charge on any atom is 0.232 e. The number of ether oxygens (including phenoxy) is 1. The maximum absolute atomic E-state index is 13.0. The van der Waals surface area contributed by atoms with Crippen LogP contribution in [-0.4, -0.2) is 47.0 Å². The molecule has 0 unspecified atom stereocenters. The van der Waals surface area contributed by atoms with Gasteiger partial charge in [0.1, 0.15) is 11.5 Å². The van der Waals surface area contributed by atoms with Gasteiger partial charge in [0, 0.05) is 55.4 Å². The number of nitrogens with one attached hydrogen (secondary N) is 2. The lowest BCUT2D eigenvalue weighted by atomic mass is 10.0. The number of Topliss-reactive ketones (excluding diaryl/α,β-unsaturated/α-hetero) is 1. The molecule has 1 saturated heterocycles. The number of allylic oxidation sites excluding steroid dienone is 1. The van der Waals surface area contributed by atoms with Crippen LogP contribution in [0.4, 0.5) is 0 Å². The quantitative estimate of drug-likeness (QED) is 0.577. The number of benzene rings is 2. The van der Waals surface area contributed by atoms with Crippen LogP contribution in [0.5, 0.6) is 11.5 Å². The molecule has 0 saturated carbocycles. The molecule has 0 bridgehead atoms. The number of piperazine rings is 1. The van der Waals surface area contributed by atoms with Crippen LogP contribution in [0.15, 0.2) is 42.3 Å². The number of carbonyl (C=O) groups excluding carboxylic acids is 1. The summed E-state index contributed by atoms with van der Waals surface area (Å²) in [6.45, 7) is 3.95. The van der Waals surface area contributed by atoms with Gasteiger partial charge in [-0.15, -0.1) is 0 Å². The van der Waals surface area contributed by atoms with Crippen LogP contribution in [-0.2, 0) is 6.54 Å². The van der Waals surface area contributed by atoms with Crippen LogP contribution in [0.2, 0.25) is 5.02 Å². The van der Waals surface area contributed by atoms with E-state index in [1.54, 1.807) is 6.08 Å². The van der Waals surface area contributed by atoms with Crippen molar-refractivity contribution < 1.29 is 14.6 Å². The summed E-state index contributed by atoms with van der Waals surface area (Å²) in [7, 11) is 0. The van der Waals surface area contributed by atoms with E-state index in [1.165, 1.54) is 6.07 Å². The van der Waals surface area contributed by atoms with Crippen molar-refractivity contribution in [2.75, 3.05) is 26.2 Å². The largest absolute Gasteiger partial charge is 0.506 e. The number of hydrogen-bond acceptors (Lipinski definition) is 5. The van der Waals surface area contributed by atoms with Gasteiger partial charge in [-0.25, -0.2) is 0 Å². The van der Waals surface area contributed by atoms with Crippen LogP contribution in [0.3, 0.4) is 0 Å². The molecule has 0 radical (unpaired) electrons. The Bertz CT molecular complexity index is 1150. The first-order chi connectivity index (χ1) is 14.1. The monoisotopic (exact) mass is 409 g/mol. The first kappa shape index (κ1) is 18.2. The van der Waals surface area contributed by atoms with E-state index in [0.29, 0.717) is 23.4 Å². The maximum atomic E-state index is 13.0. The van der Waals surface area contributed by atoms with Gasteiger partial charge in [0.05, 0.1) is 16.1 Å². The number of fused-ring (bicyclic) bond motifs is 2. The molecule has 1 aromatic heterocycles. The summed E-state index contributed by atoms with van der Waals surface area (Å²) < 4.78 is 5.99. The van der Waals surface area contributed by atoms with Crippen molar-refractivity contribution in [2.24, 2.45) is 0 Å². The second-order valence-electron chi connectivity index (χ2n) is 7.32. The van der Waals surface area contributed by atoms with Gasteiger partial charge in [-0.05, 0) is 18.2 Å². The first-order valence-electron chi connectivity index (χ1n) is 9.59. The van der Waals surface area contributed by atoms with E-state index in [1.807, 2.05) is 30.5 Å². The topological polar surface area (TPSA) is 77.6 Å². The van der Waals surface area contributed by atoms with E-state index in [9.17, 15) is 9.90 Å². The number of hydrogen-bond donors (Lipinski definition) is 3. The highest BCUT2D eigenvalue weighted by atomic mass is 35.5. The lowest BCUT2D eigenvalue weighted by Gasteiger charge is -2.28. The Morgan fingerprint density at radius 3 is 2.86 bits per heavy atom. The van der Waals surface area contributed by atoms with E-state index < -0.39 is 0 Å². The number of para-hydroxylation sites is 1. The average Bonchev–Trinajstić information content (AvgIpc) is 3.28. The number of ketones is 1. The summed E-state index contributed by atoms with van der Waals surface area (Å²) >= 11 is 6.24. The number of phenols is 1. The third-order valence-corrected chi connectivity index (χ3v) is 5.77. The number of halogens is 1. The predicted octanol–water partition coefficient (Wildman–Crippen LogP) is 3.55. The highest BCUT2D eigenvalue weighted by Gasteiger charge is 2.33. The molecule has 2 aliphatic heterocycles. The van der Waals surface area contributed by atoms with E-state index in [2.05, 4.69) is 15.2 Å². The SMILES string of the molecule is O=C1C(=Cc2c[nH]c3ccccc23)Oc2c1cc(Cl)c(O)c2CN1CCNCC1. The van der Waals surface area contributed by atoms with Gasteiger partial charge in [0.25, 0.3) is 0 Å². The molecule has 3 aromatic rings. The highest BCUT2D eigenvalue weighted by Crippen LogP contribution is 2.44. The van der Waals surface area contributed by atoms with Gasteiger partial charge in [0.15, 0.2) is 5.76 Å². The zero-order valence-corrected chi connectivity index (χ0v) is 16.4. The molecule has 3 N–H and O–H groups in total. The summed E-state index contributed by atoms with van der Waals surface area (Å²) in [5.74, 6) is 0.383. The van der Waals surface area contributed by atoms with Gasteiger partial charge in [-0.1, -0.05) is 29.8 Å². The molecule has 29 heavy (non-hydrogen) atoms. The van der Waals surface area contributed by atoms with Gasteiger partial charge in [-0.3, -0.25) is 9.69 Å². The van der Waals surface area contributed by atoms with Crippen molar-refractivity contribution in [3.63, 3.8) is 0 Å². The van der Waals surface area contributed by atoms with Crippen LogP contribution >= 0.6 is 11.6 Å². The van der Waals surface area contributed by atoms with E-state index >= 15 is 0 Å². The Morgan fingerprint density at radius 2 is 2.03 bits per heavy atom. The average molecular weight is 410 g/mol. The molecular weight excluding hydrogens is 390 g/mol. The summed E-state index contributed by atoms with van der Waals surface area (Å²) in [5.41, 5.74) is 2.81. The molecule has 2 aliphatic rings. The Balaban J connectivity index is 1.53. The second kappa shape index (κ2) is 7.22. The molecule has 0 atom stereocenters. The normalized spacial score (nSPS) is 18.4. The van der Waals surface area contributed by atoms with Gasteiger partial charge < -0.3 is 20.1 Å². The summed E-state index contributed by atoms with van der Waals surface area (Å²) in [4.78, 5) is 18.4. The number of aromatic hydroxyl groups is 1. The molecular formula is C22H20ClN3O3. The fourth-order valence-electron chi connectivity index (χ4n) is 3.94. The molecule has 5 rings (SSSR count). The van der Waals surface area contributed by atoms with Crippen molar-refractivity contribution in [3.05, 3.63) is 64.0 Å². The second-order valence-corrected chi connectivity index (χ2v) is 7.72. The molecule has 2 aromatic carbocycles. The minimum Gasteiger partial charge on any atom is -0.506 e. The Morgan fingerprint density at radius 1 is 1.24 bits per heavy atom. The van der Waals surface area contributed by atoms with Crippen molar-refractivity contribution in [3.8, 4) is 11.5 Å². The summed E-state index contributed by atoms with van der Waals surface area (Å²) in [6, 6.07) is 9.37. The van der Waals surface area contributed by atoms with E-state index in [4.69, 9.17) is 16.3 Å². The molecule has 3 heterocycles. The fraction of sp³-hybridized carbons (Fsp3) is 0.227. The molecule has 0 amide bonds. The number of H-pyrrole nitrogens is 1. The summed E-state index contributed by atoms with van der Waals surface area (Å²) in [6.07, 6.45) is 3.59. The molecule has 0 aliphatic carbocycles. The molecule has 0 spiro atoms. The predicted molar refractivity (Wildman–Crippen MR) is 112 cm³/mol. The third-order valence-electron chi connectivity index (χ3n) is 5.48. The van der Waals surface area contributed by atoms with E-state index in [0.717, 1.165) is 42.6 Å². The molecule has 1 fully saturated rings. The number of nitrogens with zero attached hydrogens (tertiary/aromatic N) is 1. The van der Waals surface area contributed by atoms with E-state index in [-0.39, 0.29) is 22.3 Å². The zero-order chi connectivity index (χ0) is 20.0. The minimum absolute atomic E-state index is 0.0231. The standard InChI is InChI=1S/C22H20ClN3O3/c23-17-10-15-21(28)19(9-13-11-25-18-4-2-1-3-14(13)18)29-22(15)16(20(17)27)12-26-7-5-24-6-8-26/h1-4,9-11,24-25,27H,5-8,12H2. The van der Waals surface area contributed by atoms with Gasteiger partial charge in [-0.2, -0.15) is 0 Å². The number of carbonyl (C=O) groups is 1. The number of phenolic OH excluding ortho intramolecular Hbond substituents is 1. The molecule has 148 valence electrons. The van der Waals surface area contributed by atoms with Crippen LogP contribution in [0.1, 0.15) is 21.5 Å². The van der Waals surface area contributed by atoms with Gasteiger partial charge in [0.2, 0.25) is 5.78 Å². The van der Waals surface area contributed by atoms with Crippen molar-refractivity contribution in [1.82, 2.24) is 15.2 Å². The number of rotatable bonds is 3. The number of aromatic amines is 1. The number of aromatic nitrogens is 1. The van der Waals surface area contributed by atoms with Crippen LogP contribution < -0.4 is 10.1 Å². The first-order valence-corrected chi connectivity index (χ1v) is 9.97. The lowest BCUT2D eigenvalue weighted by molar-refractivity contribution is 0.101. The highest BCUT2D eigenvalue weighted by molar-refractivity contribution is 6.33. The van der Waals surface area contributed by atoms with Crippen LogP contribution in [0, 0.1) is 0 Å². The van der Waals surface area contributed by atoms with Crippen molar-refractivity contribution in [2.45, 2.75) is 6.54 Å². The Labute approximate surface area is 172 Å². The summed E-state index contributed by atoms with van der Waals surface area (Å²) in [5, 5.41) is 15.1. The minimum atomic E-state index is -0.228. The van der Waals surface area contributed by atoms with Crippen molar-refractivity contribution >= 4 is 34.4 Å². The molecule has 6 nitrogen and oxygen atoms in total. The fourth-order valence-corrected chi connectivity index (χ4v) is 4.16. The smallest absolute Gasteiger partial charge is 0.232 e. The third kappa shape index (κ3) is 3.19. The van der Waals surface area contributed by atoms with Crippen LogP contribution in [0.25, 0.3) is 17.0 Å². The zero-order valence-electron chi connectivity index (χ0n) is 15.7. The Kier molecular flexibility index (Phi) is 4.54.